The molecule has 74 valence electrons. The molecule has 2 atom stereocenters. The van der Waals surface area contributed by atoms with Gasteiger partial charge in [0.25, 0.3) is 0 Å². The first-order chi connectivity index (χ1) is 6.56. The zero-order valence-corrected chi connectivity index (χ0v) is 7.94. The maximum atomic E-state index is 9.31. The Balaban J connectivity index is 3.18. The lowest BCUT2D eigenvalue weighted by Crippen LogP contribution is -2.24. The Morgan fingerprint density at radius 3 is 2.64 bits per heavy atom. The summed E-state index contributed by atoms with van der Waals surface area (Å²) >= 11 is 0. The fourth-order valence-electron chi connectivity index (χ4n) is 1.22. The molecule has 0 saturated carbocycles. The minimum Gasteiger partial charge on any atom is -0.399 e. The number of hydrogen-bond acceptors (Lipinski definition) is 4. The van der Waals surface area contributed by atoms with E-state index in [4.69, 9.17) is 16.7 Å². The topological polar surface area (TPSA) is 96.1 Å². The second-order valence-electron chi connectivity index (χ2n) is 3.22. The molecule has 0 saturated heterocycles. The fourth-order valence-corrected chi connectivity index (χ4v) is 1.22. The summed E-state index contributed by atoms with van der Waals surface area (Å²) in [4.78, 5) is 0. The minimum atomic E-state index is -0.705. The predicted molar refractivity (Wildman–Crippen MR) is 54.2 cm³/mol. The lowest BCUT2D eigenvalue weighted by molar-refractivity contribution is 0.164. The first-order valence-corrected chi connectivity index (χ1v) is 4.29. The molecule has 0 bridgehead atoms. The standard InChI is InChI=1S/C10H13N3O/c1-6(14)10(13)9-4-8(12)3-2-7(9)5-11/h2-4,6,10,14H,12-13H2,1H3/t6-,10-/m0/s1. The van der Waals surface area contributed by atoms with Gasteiger partial charge in [-0.05, 0) is 30.7 Å². The third-order valence-electron chi connectivity index (χ3n) is 2.07. The summed E-state index contributed by atoms with van der Waals surface area (Å²) in [5.74, 6) is 0. The van der Waals surface area contributed by atoms with Crippen LogP contribution in [0.1, 0.15) is 24.1 Å². The van der Waals surface area contributed by atoms with E-state index in [1.165, 1.54) is 0 Å². The van der Waals surface area contributed by atoms with Crippen LogP contribution in [-0.2, 0) is 0 Å². The largest absolute Gasteiger partial charge is 0.399 e. The maximum absolute atomic E-state index is 9.31. The van der Waals surface area contributed by atoms with Gasteiger partial charge in [-0.3, -0.25) is 0 Å². The molecule has 5 N–H and O–H groups in total. The van der Waals surface area contributed by atoms with Crippen molar-refractivity contribution in [1.82, 2.24) is 0 Å². The van der Waals surface area contributed by atoms with Gasteiger partial charge < -0.3 is 16.6 Å². The Morgan fingerprint density at radius 1 is 1.50 bits per heavy atom. The molecule has 4 heteroatoms. The van der Waals surface area contributed by atoms with Gasteiger partial charge in [-0.25, -0.2) is 0 Å². The fraction of sp³-hybridized carbons (Fsp3) is 0.300. The van der Waals surface area contributed by atoms with E-state index >= 15 is 0 Å². The number of nitriles is 1. The first kappa shape index (κ1) is 10.5. The highest BCUT2D eigenvalue weighted by atomic mass is 16.3. The van der Waals surface area contributed by atoms with Crippen LogP contribution in [0.5, 0.6) is 0 Å². The highest BCUT2D eigenvalue weighted by Gasteiger charge is 2.15. The molecule has 0 aliphatic rings. The average molecular weight is 191 g/mol. The van der Waals surface area contributed by atoms with Crippen molar-refractivity contribution in [3.63, 3.8) is 0 Å². The van der Waals surface area contributed by atoms with Crippen LogP contribution < -0.4 is 11.5 Å². The Morgan fingerprint density at radius 2 is 2.14 bits per heavy atom. The average Bonchev–Trinajstić information content (AvgIpc) is 2.16. The van der Waals surface area contributed by atoms with Crippen molar-refractivity contribution in [2.24, 2.45) is 5.73 Å². The molecule has 1 aromatic rings. The zero-order chi connectivity index (χ0) is 10.7. The molecule has 0 aliphatic heterocycles. The Hall–Kier alpha value is -1.57. The van der Waals surface area contributed by atoms with Crippen LogP contribution in [0.15, 0.2) is 18.2 Å². The summed E-state index contributed by atoms with van der Waals surface area (Å²) in [5.41, 5.74) is 12.9. The Kier molecular flexibility index (Phi) is 3.07. The summed E-state index contributed by atoms with van der Waals surface area (Å²) in [6, 6.07) is 6.30. The van der Waals surface area contributed by atoms with Crippen LogP contribution in [0.4, 0.5) is 5.69 Å². The number of aliphatic hydroxyl groups excluding tert-OH is 1. The van der Waals surface area contributed by atoms with Crippen molar-refractivity contribution in [2.75, 3.05) is 5.73 Å². The van der Waals surface area contributed by atoms with E-state index < -0.39 is 12.1 Å². The van der Waals surface area contributed by atoms with Crippen LogP contribution in [0.25, 0.3) is 0 Å². The van der Waals surface area contributed by atoms with Crippen LogP contribution in [0.2, 0.25) is 0 Å². The van der Waals surface area contributed by atoms with Gasteiger partial charge in [-0.2, -0.15) is 5.26 Å². The van der Waals surface area contributed by atoms with Crippen molar-refractivity contribution in [3.8, 4) is 6.07 Å². The molecule has 1 rings (SSSR count). The smallest absolute Gasteiger partial charge is 0.0995 e. The quantitative estimate of drug-likeness (QED) is 0.594. The zero-order valence-electron chi connectivity index (χ0n) is 7.94. The van der Waals surface area contributed by atoms with Crippen LogP contribution >= 0.6 is 0 Å². The van der Waals surface area contributed by atoms with Crippen molar-refractivity contribution in [1.29, 1.82) is 5.26 Å². The Labute approximate surface area is 82.8 Å². The van der Waals surface area contributed by atoms with Gasteiger partial charge in [0.15, 0.2) is 0 Å². The molecule has 14 heavy (non-hydrogen) atoms. The highest BCUT2D eigenvalue weighted by Crippen LogP contribution is 2.21. The van der Waals surface area contributed by atoms with Gasteiger partial charge in [0.2, 0.25) is 0 Å². The number of benzene rings is 1. The van der Waals surface area contributed by atoms with Crippen molar-refractivity contribution in [3.05, 3.63) is 29.3 Å². The van der Waals surface area contributed by atoms with Crippen LogP contribution in [0.3, 0.4) is 0 Å². The van der Waals surface area contributed by atoms with E-state index in [-0.39, 0.29) is 0 Å². The predicted octanol–water partition coefficient (Wildman–Crippen LogP) is 0.521. The second-order valence-corrected chi connectivity index (χ2v) is 3.22. The number of nitrogens with zero attached hydrogens (tertiary/aromatic N) is 1. The summed E-state index contributed by atoms with van der Waals surface area (Å²) in [7, 11) is 0. The molecule has 0 heterocycles. The number of rotatable bonds is 2. The van der Waals surface area contributed by atoms with E-state index in [1.54, 1.807) is 25.1 Å². The van der Waals surface area contributed by atoms with Gasteiger partial charge in [-0.15, -0.1) is 0 Å². The SMILES string of the molecule is C[C@H](O)[C@H](N)c1cc(N)ccc1C#N. The molecule has 0 amide bonds. The van der Waals surface area contributed by atoms with E-state index in [2.05, 4.69) is 0 Å². The number of nitrogens with two attached hydrogens (primary N) is 2. The number of anilines is 1. The second kappa shape index (κ2) is 4.09. The molecule has 0 aliphatic carbocycles. The minimum absolute atomic E-state index is 0.451. The van der Waals surface area contributed by atoms with Gasteiger partial charge in [0.1, 0.15) is 0 Å². The summed E-state index contributed by atoms with van der Waals surface area (Å²) < 4.78 is 0. The molecule has 0 aromatic heterocycles. The third-order valence-corrected chi connectivity index (χ3v) is 2.07. The van der Waals surface area contributed by atoms with Crippen LogP contribution in [0, 0.1) is 11.3 Å². The first-order valence-electron chi connectivity index (χ1n) is 4.29. The summed E-state index contributed by atoms with van der Waals surface area (Å²) in [5, 5.41) is 18.1. The van der Waals surface area contributed by atoms with Gasteiger partial charge >= 0.3 is 0 Å². The van der Waals surface area contributed by atoms with Gasteiger partial charge in [-0.1, -0.05) is 0 Å². The highest BCUT2D eigenvalue weighted by molar-refractivity contribution is 5.50. The molecule has 0 spiro atoms. The summed E-state index contributed by atoms with van der Waals surface area (Å²) in [6.07, 6.45) is -0.705. The molecule has 4 nitrogen and oxygen atoms in total. The van der Waals surface area contributed by atoms with Crippen molar-refractivity contribution >= 4 is 5.69 Å². The lowest BCUT2D eigenvalue weighted by Gasteiger charge is -2.16. The molecular weight excluding hydrogens is 178 g/mol. The maximum Gasteiger partial charge on any atom is 0.0995 e. The molecule has 1 aromatic carbocycles. The van der Waals surface area contributed by atoms with Crippen molar-refractivity contribution in [2.45, 2.75) is 19.1 Å². The van der Waals surface area contributed by atoms with E-state index in [0.717, 1.165) is 0 Å². The number of aliphatic hydroxyl groups is 1. The molecule has 0 radical (unpaired) electrons. The molecule has 0 fully saturated rings. The van der Waals surface area contributed by atoms with E-state index in [1.807, 2.05) is 6.07 Å². The van der Waals surface area contributed by atoms with Gasteiger partial charge in [0, 0.05) is 5.69 Å². The number of nitrogen functional groups attached to an aromatic ring is 1. The third kappa shape index (κ3) is 2.02. The van der Waals surface area contributed by atoms with E-state index in [9.17, 15) is 5.11 Å². The van der Waals surface area contributed by atoms with Crippen molar-refractivity contribution < 1.29 is 5.11 Å². The lowest BCUT2D eigenvalue weighted by atomic mass is 9.98. The van der Waals surface area contributed by atoms with E-state index in [0.29, 0.717) is 16.8 Å². The molecular formula is C10H13N3O. The van der Waals surface area contributed by atoms with Crippen LogP contribution in [-0.4, -0.2) is 11.2 Å². The molecule has 0 unspecified atom stereocenters. The van der Waals surface area contributed by atoms with Gasteiger partial charge in [0.05, 0.1) is 23.8 Å². The number of hydrogen-bond donors (Lipinski definition) is 3. The Bertz CT molecular complexity index is 368. The normalized spacial score (nSPS) is 14.4. The monoisotopic (exact) mass is 191 g/mol. The summed E-state index contributed by atoms with van der Waals surface area (Å²) in [6.45, 7) is 1.58.